The molecule has 0 heterocycles. The Bertz CT molecular complexity index is 1080. The minimum atomic E-state index is -0.168. The lowest BCUT2D eigenvalue weighted by Gasteiger charge is -2.24. The number of hydrogen-bond donors (Lipinski definition) is 1. The molecule has 1 atom stereocenters. The topological polar surface area (TPSA) is 58.6 Å². The lowest BCUT2D eigenvalue weighted by molar-refractivity contribution is -0.126. The Morgan fingerprint density at radius 3 is 2.41 bits per heavy atom. The van der Waals surface area contributed by atoms with E-state index in [0.717, 1.165) is 16.9 Å². The van der Waals surface area contributed by atoms with E-state index in [-0.39, 0.29) is 17.9 Å². The molecule has 3 aromatic carbocycles. The van der Waals surface area contributed by atoms with Crippen LogP contribution in [0.15, 0.2) is 84.9 Å². The zero-order chi connectivity index (χ0) is 22.9. The number of anilines is 1. The van der Waals surface area contributed by atoms with Gasteiger partial charge in [-0.05, 0) is 67.4 Å². The Morgan fingerprint density at radius 1 is 1.00 bits per heavy atom. The first-order valence-corrected chi connectivity index (χ1v) is 10.6. The SMILES string of the molecule is CCOc1ccc(/C=C/C(=O)N(C)C(C)c2cccc(NC(=O)c3ccccc3)c2)cc1. The van der Waals surface area contributed by atoms with Gasteiger partial charge >= 0.3 is 0 Å². The van der Waals surface area contributed by atoms with Crippen LogP contribution in [0.5, 0.6) is 5.75 Å². The van der Waals surface area contributed by atoms with E-state index in [0.29, 0.717) is 17.9 Å². The maximum absolute atomic E-state index is 12.7. The third-order valence-electron chi connectivity index (χ3n) is 5.20. The summed E-state index contributed by atoms with van der Waals surface area (Å²) in [6.07, 6.45) is 3.35. The van der Waals surface area contributed by atoms with Crippen molar-refractivity contribution in [3.63, 3.8) is 0 Å². The van der Waals surface area contributed by atoms with Crippen LogP contribution in [0.3, 0.4) is 0 Å². The number of likely N-dealkylation sites (N-methyl/N-ethyl adjacent to an activating group) is 1. The van der Waals surface area contributed by atoms with E-state index in [4.69, 9.17) is 4.74 Å². The van der Waals surface area contributed by atoms with Crippen LogP contribution in [0.25, 0.3) is 6.08 Å². The molecule has 164 valence electrons. The zero-order valence-corrected chi connectivity index (χ0v) is 18.6. The van der Waals surface area contributed by atoms with Crippen LogP contribution in [0.4, 0.5) is 5.69 Å². The summed E-state index contributed by atoms with van der Waals surface area (Å²) in [6, 6.07) is 24.1. The largest absolute Gasteiger partial charge is 0.494 e. The third-order valence-corrected chi connectivity index (χ3v) is 5.20. The minimum absolute atomic E-state index is 0.106. The van der Waals surface area contributed by atoms with Gasteiger partial charge in [0.25, 0.3) is 5.91 Å². The third kappa shape index (κ3) is 6.08. The van der Waals surface area contributed by atoms with Crippen LogP contribution in [0.1, 0.15) is 41.4 Å². The molecule has 0 spiro atoms. The molecule has 0 aliphatic heterocycles. The molecular weight excluding hydrogens is 400 g/mol. The maximum atomic E-state index is 12.7. The van der Waals surface area contributed by atoms with E-state index in [1.807, 2.05) is 80.6 Å². The molecule has 0 aliphatic carbocycles. The first kappa shape index (κ1) is 22.8. The Balaban J connectivity index is 1.64. The average molecular weight is 429 g/mol. The molecule has 2 amide bonds. The van der Waals surface area contributed by atoms with Gasteiger partial charge in [0.15, 0.2) is 0 Å². The first-order chi connectivity index (χ1) is 15.5. The van der Waals surface area contributed by atoms with Crippen molar-refractivity contribution in [3.05, 3.63) is 102 Å². The van der Waals surface area contributed by atoms with Gasteiger partial charge in [0.1, 0.15) is 5.75 Å². The Labute approximate surface area is 189 Å². The average Bonchev–Trinajstić information content (AvgIpc) is 2.83. The van der Waals surface area contributed by atoms with Crippen LogP contribution >= 0.6 is 0 Å². The Kier molecular flexibility index (Phi) is 7.81. The molecular formula is C27H28N2O3. The van der Waals surface area contributed by atoms with Crippen molar-refractivity contribution in [3.8, 4) is 5.75 Å². The molecule has 0 aromatic heterocycles. The van der Waals surface area contributed by atoms with E-state index in [1.165, 1.54) is 0 Å². The van der Waals surface area contributed by atoms with Gasteiger partial charge in [-0.2, -0.15) is 0 Å². The first-order valence-electron chi connectivity index (χ1n) is 10.6. The Morgan fingerprint density at radius 2 is 1.72 bits per heavy atom. The number of nitrogens with one attached hydrogen (secondary N) is 1. The van der Waals surface area contributed by atoms with Gasteiger partial charge in [0.2, 0.25) is 5.91 Å². The summed E-state index contributed by atoms with van der Waals surface area (Å²) in [5.41, 5.74) is 3.14. The lowest BCUT2D eigenvalue weighted by atomic mass is 10.1. The van der Waals surface area contributed by atoms with Crippen molar-refractivity contribution in [1.29, 1.82) is 0 Å². The smallest absolute Gasteiger partial charge is 0.255 e. The summed E-state index contributed by atoms with van der Waals surface area (Å²) in [5, 5.41) is 2.92. The number of carbonyl (C=O) groups is 2. The van der Waals surface area contributed by atoms with E-state index in [2.05, 4.69) is 5.32 Å². The van der Waals surface area contributed by atoms with E-state index in [1.54, 1.807) is 36.2 Å². The molecule has 3 aromatic rings. The second-order valence-corrected chi connectivity index (χ2v) is 7.41. The molecule has 1 unspecified atom stereocenters. The summed E-state index contributed by atoms with van der Waals surface area (Å²) >= 11 is 0. The predicted molar refractivity (Wildman–Crippen MR) is 129 cm³/mol. The standard InChI is InChI=1S/C27H28N2O3/c1-4-32-25-16-13-21(14-17-25)15-18-26(30)29(3)20(2)23-11-8-12-24(19-23)28-27(31)22-9-6-5-7-10-22/h5-20H,4H2,1-3H3,(H,28,31)/b18-15+. The van der Waals surface area contributed by atoms with E-state index < -0.39 is 0 Å². The van der Waals surface area contributed by atoms with Gasteiger partial charge in [-0.25, -0.2) is 0 Å². The van der Waals surface area contributed by atoms with Crippen molar-refractivity contribution < 1.29 is 14.3 Å². The second-order valence-electron chi connectivity index (χ2n) is 7.41. The van der Waals surface area contributed by atoms with Gasteiger partial charge in [0, 0.05) is 24.4 Å². The number of benzene rings is 3. The van der Waals surface area contributed by atoms with Gasteiger partial charge in [-0.15, -0.1) is 0 Å². The van der Waals surface area contributed by atoms with E-state index >= 15 is 0 Å². The van der Waals surface area contributed by atoms with Crippen LogP contribution in [-0.4, -0.2) is 30.4 Å². The normalized spacial score (nSPS) is 11.7. The fraction of sp³-hybridized carbons (Fsp3) is 0.185. The highest BCUT2D eigenvalue weighted by molar-refractivity contribution is 6.04. The molecule has 0 saturated heterocycles. The number of hydrogen-bond acceptors (Lipinski definition) is 3. The summed E-state index contributed by atoms with van der Waals surface area (Å²) in [7, 11) is 1.77. The highest BCUT2D eigenvalue weighted by Gasteiger charge is 2.16. The number of carbonyl (C=O) groups excluding carboxylic acids is 2. The van der Waals surface area contributed by atoms with Gasteiger partial charge in [-0.1, -0.05) is 42.5 Å². The fourth-order valence-electron chi connectivity index (χ4n) is 3.21. The van der Waals surface area contributed by atoms with Crippen molar-refractivity contribution in [1.82, 2.24) is 4.90 Å². The lowest BCUT2D eigenvalue weighted by Crippen LogP contribution is -2.28. The van der Waals surface area contributed by atoms with E-state index in [9.17, 15) is 9.59 Å². The molecule has 3 rings (SSSR count). The summed E-state index contributed by atoms with van der Waals surface area (Å²) in [6.45, 7) is 4.52. The molecule has 5 heteroatoms. The van der Waals surface area contributed by atoms with Crippen LogP contribution in [0.2, 0.25) is 0 Å². The summed E-state index contributed by atoms with van der Waals surface area (Å²) in [4.78, 5) is 26.8. The van der Waals surface area contributed by atoms with Crippen molar-refractivity contribution >= 4 is 23.6 Å². The summed E-state index contributed by atoms with van der Waals surface area (Å²) < 4.78 is 5.44. The summed E-state index contributed by atoms with van der Waals surface area (Å²) in [5.74, 6) is 0.532. The molecule has 5 nitrogen and oxygen atoms in total. The molecule has 0 radical (unpaired) electrons. The number of rotatable bonds is 8. The highest BCUT2D eigenvalue weighted by Crippen LogP contribution is 2.23. The quantitative estimate of drug-likeness (QED) is 0.477. The molecule has 0 saturated carbocycles. The van der Waals surface area contributed by atoms with Crippen molar-refractivity contribution in [2.45, 2.75) is 19.9 Å². The fourth-order valence-corrected chi connectivity index (χ4v) is 3.21. The van der Waals surface area contributed by atoms with Gasteiger partial charge < -0.3 is 15.0 Å². The number of nitrogens with zero attached hydrogens (tertiary/aromatic N) is 1. The highest BCUT2D eigenvalue weighted by atomic mass is 16.5. The van der Waals surface area contributed by atoms with Crippen molar-refractivity contribution in [2.24, 2.45) is 0 Å². The molecule has 0 aliphatic rings. The molecule has 0 bridgehead atoms. The van der Waals surface area contributed by atoms with Gasteiger partial charge in [0.05, 0.1) is 12.6 Å². The second kappa shape index (κ2) is 11.0. The van der Waals surface area contributed by atoms with Crippen molar-refractivity contribution in [2.75, 3.05) is 19.0 Å². The van der Waals surface area contributed by atoms with Gasteiger partial charge in [-0.3, -0.25) is 9.59 Å². The van der Waals surface area contributed by atoms with Crippen LogP contribution < -0.4 is 10.1 Å². The molecule has 0 fully saturated rings. The minimum Gasteiger partial charge on any atom is -0.494 e. The zero-order valence-electron chi connectivity index (χ0n) is 18.6. The molecule has 32 heavy (non-hydrogen) atoms. The maximum Gasteiger partial charge on any atom is 0.255 e. The monoisotopic (exact) mass is 428 g/mol. The Hall–Kier alpha value is -3.86. The molecule has 1 N–H and O–H groups in total. The van der Waals surface area contributed by atoms with Crippen LogP contribution in [0, 0.1) is 0 Å². The predicted octanol–water partition coefficient (Wildman–Crippen LogP) is 5.57. The number of ether oxygens (including phenoxy) is 1. The number of amides is 2. The van der Waals surface area contributed by atoms with Crippen LogP contribution in [-0.2, 0) is 4.79 Å².